The highest BCUT2D eigenvalue weighted by molar-refractivity contribution is 6.30. The number of aromatic nitrogens is 1. The van der Waals surface area contributed by atoms with E-state index in [0.29, 0.717) is 6.04 Å². The zero-order chi connectivity index (χ0) is 10.3. The van der Waals surface area contributed by atoms with Gasteiger partial charge in [-0.1, -0.05) is 17.7 Å². The molecule has 0 spiro atoms. The predicted molar refractivity (Wildman–Crippen MR) is 61.7 cm³/mol. The number of halogens is 1. The van der Waals surface area contributed by atoms with Crippen molar-refractivity contribution in [3.05, 3.63) is 35.1 Å². The lowest BCUT2D eigenvalue weighted by atomic mass is 10.1. The van der Waals surface area contributed by atoms with Gasteiger partial charge < -0.3 is 5.32 Å². The Labute approximate surface area is 94.4 Å². The van der Waals surface area contributed by atoms with Crippen LogP contribution >= 0.6 is 11.6 Å². The molecule has 0 bridgehead atoms. The average Bonchev–Trinajstić information content (AvgIpc) is 2.76. The summed E-state index contributed by atoms with van der Waals surface area (Å²) in [7, 11) is 0. The Morgan fingerprint density at radius 3 is 3.13 bits per heavy atom. The van der Waals surface area contributed by atoms with Crippen LogP contribution in [0.1, 0.15) is 18.4 Å². The fraction of sp³-hybridized carbons (Fsp3) is 0.417. The summed E-state index contributed by atoms with van der Waals surface area (Å²) in [6, 6.07) is 2.65. The van der Waals surface area contributed by atoms with Crippen molar-refractivity contribution < 1.29 is 0 Å². The molecule has 0 saturated carbocycles. The highest BCUT2D eigenvalue weighted by Gasteiger charge is 2.31. The fourth-order valence-electron chi connectivity index (χ4n) is 2.58. The second-order valence-corrected chi connectivity index (χ2v) is 4.74. The first-order chi connectivity index (χ1) is 7.33. The Morgan fingerprint density at radius 2 is 2.33 bits per heavy atom. The quantitative estimate of drug-likeness (QED) is 0.787. The van der Waals surface area contributed by atoms with Gasteiger partial charge in [0.25, 0.3) is 0 Å². The second kappa shape index (κ2) is 3.62. The van der Waals surface area contributed by atoms with E-state index in [9.17, 15) is 0 Å². The maximum atomic E-state index is 5.94. The molecular formula is C12H13ClN2. The smallest absolute Gasteiger partial charge is 0.0595 e. The molecule has 1 aromatic rings. The molecule has 2 heterocycles. The molecular weight excluding hydrogens is 208 g/mol. The number of pyridine rings is 1. The van der Waals surface area contributed by atoms with Crippen molar-refractivity contribution >= 4 is 17.2 Å². The Bertz CT molecular complexity index is 414. The zero-order valence-electron chi connectivity index (χ0n) is 8.41. The van der Waals surface area contributed by atoms with Crippen molar-refractivity contribution in [1.29, 1.82) is 0 Å². The van der Waals surface area contributed by atoms with E-state index in [4.69, 9.17) is 11.6 Å². The highest BCUT2D eigenvalue weighted by atomic mass is 35.5. The van der Waals surface area contributed by atoms with Crippen LogP contribution in [-0.2, 0) is 0 Å². The Hall–Kier alpha value is -0.860. The van der Waals surface area contributed by atoms with Crippen molar-refractivity contribution in [2.24, 2.45) is 5.92 Å². The van der Waals surface area contributed by atoms with E-state index in [1.165, 1.54) is 17.6 Å². The van der Waals surface area contributed by atoms with Gasteiger partial charge in [-0.3, -0.25) is 4.98 Å². The van der Waals surface area contributed by atoms with Crippen molar-refractivity contribution in [2.45, 2.75) is 18.9 Å². The van der Waals surface area contributed by atoms with Gasteiger partial charge in [-0.25, -0.2) is 0 Å². The lowest BCUT2D eigenvalue weighted by Crippen LogP contribution is -2.22. The minimum Gasteiger partial charge on any atom is -0.313 e. The highest BCUT2D eigenvalue weighted by Crippen LogP contribution is 2.36. The number of rotatable bonds is 1. The maximum absolute atomic E-state index is 5.94. The summed E-state index contributed by atoms with van der Waals surface area (Å²) in [6.45, 7) is 1.16. The van der Waals surface area contributed by atoms with Crippen LogP contribution < -0.4 is 5.32 Å². The Morgan fingerprint density at radius 1 is 1.40 bits per heavy atom. The molecule has 1 aliphatic carbocycles. The molecule has 1 aromatic heterocycles. The van der Waals surface area contributed by atoms with Crippen LogP contribution in [0.3, 0.4) is 0 Å². The summed E-state index contributed by atoms with van der Waals surface area (Å²) in [5.74, 6) is 0.721. The number of nitrogens with zero attached hydrogens (tertiary/aromatic N) is 1. The third-order valence-electron chi connectivity index (χ3n) is 3.33. The van der Waals surface area contributed by atoms with Gasteiger partial charge >= 0.3 is 0 Å². The van der Waals surface area contributed by atoms with Crippen LogP contribution in [-0.4, -0.2) is 17.6 Å². The van der Waals surface area contributed by atoms with Crippen LogP contribution in [0.4, 0.5) is 0 Å². The van der Waals surface area contributed by atoms with Crippen LogP contribution in [0.5, 0.6) is 0 Å². The summed E-state index contributed by atoms with van der Waals surface area (Å²) < 4.78 is 0. The largest absolute Gasteiger partial charge is 0.313 e. The van der Waals surface area contributed by atoms with Crippen LogP contribution in [0, 0.1) is 5.92 Å². The summed E-state index contributed by atoms with van der Waals surface area (Å²) in [5, 5.41) is 4.25. The van der Waals surface area contributed by atoms with Crippen LogP contribution in [0.15, 0.2) is 24.5 Å². The van der Waals surface area contributed by atoms with E-state index in [1.54, 1.807) is 6.20 Å². The van der Waals surface area contributed by atoms with Crippen LogP contribution in [0.2, 0.25) is 5.02 Å². The van der Waals surface area contributed by atoms with Gasteiger partial charge in [0.05, 0.1) is 5.02 Å². The molecule has 3 heteroatoms. The molecule has 1 aliphatic heterocycles. The van der Waals surface area contributed by atoms with E-state index in [2.05, 4.69) is 16.4 Å². The first kappa shape index (κ1) is 9.37. The van der Waals surface area contributed by atoms with Crippen molar-refractivity contribution in [3.8, 4) is 0 Å². The molecule has 0 aromatic carbocycles. The molecule has 78 valence electrons. The van der Waals surface area contributed by atoms with Gasteiger partial charge in [0.1, 0.15) is 0 Å². The van der Waals surface area contributed by atoms with Gasteiger partial charge in [0.2, 0.25) is 0 Å². The molecule has 1 saturated heterocycles. The molecule has 2 nitrogen and oxygen atoms in total. The third kappa shape index (κ3) is 1.68. The van der Waals surface area contributed by atoms with Gasteiger partial charge in [0, 0.05) is 18.4 Å². The lowest BCUT2D eigenvalue weighted by Gasteiger charge is -2.08. The minimum absolute atomic E-state index is 0.652. The summed E-state index contributed by atoms with van der Waals surface area (Å²) in [4.78, 5) is 4.13. The van der Waals surface area contributed by atoms with Crippen molar-refractivity contribution in [3.63, 3.8) is 0 Å². The molecule has 1 N–H and O–H groups in total. The Balaban J connectivity index is 1.90. The van der Waals surface area contributed by atoms with Crippen molar-refractivity contribution in [2.75, 3.05) is 6.54 Å². The van der Waals surface area contributed by atoms with Crippen LogP contribution in [0.25, 0.3) is 5.57 Å². The van der Waals surface area contributed by atoms with Crippen molar-refractivity contribution in [1.82, 2.24) is 10.3 Å². The molecule has 1 fully saturated rings. The summed E-state index contributed by atoms with van der Waals surface area (Å²) in [6.07, 6.45) is 8.35. The molecule has 0 unspecified atom stereocenters. The topological polar surface area (TPSA) is 24.9 Å². The summed E-state index contributed by atoms with van der Waals surface area (Å²) >= 11 is 5.94. The first-order valence-corrected chi connectivity index (χ1v) is 5.76. The Kier molecular flexibility index (Phi) is 2.26. The first-order valence-electron chi connectivity index (χ1n) is 5.38. The lowest BCUT2D eigenvalue weighted by molar-refractivity contribution is 0.563. The van der Waals surface area contributed by atoms with Gasteiger partial charge in [0.15, 0.2) is 0 Å². The normalized spacial score (nSPS) is 29.0. The molecule has 2 atom stereocenters. The molecule has 15 heavy (non-hydrogen) atoms. The predicted octanol–water partition coefficient (Wildman–Crippen LogP) is 2.50. The number of hydrogen-bond acceptors (Lipinski definition) is 2. The fourth-order valence-corrected chi connectivity index (χ4v) is 2.75. The molecule has 0 radical (unpaired) electrons. The van der Waals surface area contributed by atoms with Gasteiger partial charge in [-0.05, 0) is 42.5 Å². The summed E-state index contributed by atoms with van der Waals surface area (Å²) in [5.41, 5.74) is 2.57. The number of hydrogen-bond donors (Lipinski definition) is 1. The molecule has 2 aliphatic rings. The number of nitrogens with one attached hydrogen (secondary N) is 1. The minimum atomic E-state index is 0.652. The van der Waals surface area contributed by atoms with E-state index in [1.807, 2.05) is 12.3 Å². The van der Waals surface area contributed by atoms with E-state index >= 15 is 0 Å². The second-order valence-electron chi connectivity index (χ2n) is 4.30. The zero-order valence-corrected chi connectivity index (χ0v) is 9.17. The van der Waals surface area contributed by atoms with E-state index in [0.717, 1.165) is 23.9 Å². The monoisotopic (exact) mass is 220 g/mol. The third-order valence-corrected chi connectivity index (χ3v) is 3.54. The molecule has 0 amide bonds. The molecule has 3 rings (SSSR count). The SMILES string of the molecule is Clc1cncc(C2=C[C@@H]3CCN[C@@H]3C2)c1. The van der Waals surface area contributed by atoms with Gasteiger partial charge in [-0.15, -0.1) is 0 Å². The standard InChI is InChI=1S/C12H13ClN2/c13-11-4-10(6-14-7-11)9-3-8-1-2-15-12(8)5-9/h3-4,6-8,12,15H,1-2,5H2/t8-,12+/m0/s1. The maximum Gasteiger partial charge on any atom is 0.0595 e. The van der Waals surface area contributed by atoms with E-state index in [-0.39, 0.29) is 0 Å². The average molecular weight is 221 g/mol. The van der Waals surface area contributed by atoms with Gasteiger partial charge in [-0.2, -0.15) is 0 Å². The van der Waals surface area contributed by atoms with E-state index < -0.39 is 0 Å². The number of fused-ring (bicyclic) bond motifs is 1.